The van der Waals surface area contributed by atoms with Crippen LogP contribution in [0.3, 0.4) is 0 Å². The number of nitrogens with zero attached hydrogens (tertiary/aromatic N) is 4. The monoisotopic (exact) mass is 325 g/mol. The van der Waals surface area contributed by atoms with E-state index in [0.717, 1.165) is 29.7 Å². The quantitative estimate of drug-likeness (QED) is 0.605. The van der Waals surface area contributed by atoms with Crippen LogP contribution in [0.2, 0.25) is 5.15 Å². The van der Waals surface area contributed by atoms with Crippen LogP contribution in [0.4, 0.5) is 0 Å². The van der Waals surface area contributed by atoms with Crippen LogP contribution in [0.5, 0.6) is 0 Å². The lowest BCUT2D eigenvalue weighted by atomic mass is 10.1. The molecule has 0 saturated carbocycles. The van der Waals surface area contributed by atoms with Gasteiger partial charge in [0.25, 0.3) is 0 Å². The van der Waals surface area contributed by atoms with Crippen molar-refractivity contribution in [1.29, 1.82) is 0 Å². The number of aromatic nitrogens is 3. The zero-order valence-electron chi connectivity index (χ0n) is 13.5. The van der Waals surface area contributed by atoms with E-state index in [4.69, 9.17) is 16.3 Å². The zero-order valence-corrected chi connectivity index (χ0v) is 14.2. The smallest absolute Gasteiger partial charge is 0.340 e. The van der Waals surface area contributed by atoms with Crippen LogP contribution in [0.25, 0.3) is 5.52 Å². The summed E-state index contributed by atoms with van der Waals surface area (Å²) in [6.45, 7) is 10.1. The molecule has 0 radical (unpaired) electrons. The molecule has 0 aromatic carbocycles. The van der Waals surface area contributed by atoms with Gasteiger partial charge in [-0.15, -0.1) is 0 Å². The SMILES string of the molecule is CC[N+](CC)(CC)Cc1c(C(=O)OC)cn2ncnc(Cl)c12. The highest BCUT2D eigenvalue weighted by molar-refractivity contribution is 6.32. The van der Waals surface area contributed by atoms with Gasteiger partial charge in [0.15, 0.2) is 5.15 Å². The molecule has 0 atom stereocenters. The van der Waals surface area contributed by atoms with Crippen LogP contribution in [0.1, 0.15) is 36.7 Å². The van der Waals surface area contributed by atoms with Crippen molar-refractivity contribution in [1.82, 2.24) is 14.6 Å². The number of hydrogen-bond donors (Lipinski definition) is 0. The van der Waals surface area contributed by atoms with Crippen molar-refractivity contribution in [2.45, 2.75) is 27.3 Å². The molecule has 0 spiro atoms. The van der Waals surface area contributed by atoms with Crippen molar-refractivity contribution < 1.29 is 14.0 Å². The summed E-state index contributed by atoms with van der Waals surface area (Å²) < 4.78 is 7.37. The maximum atomic E-state index is 12.1. The fraction of sp³-hybridized carbons (Fsp3) is 0.533. The Hall–Kier alpha value is -1.66. The predicted molar refractivity (Wildman–Crippen MR) is 84.9 cm³/mol. The summed E-state index contributed by atoms with van der Waals surface area (Å²) in [4.78, 5) is 16.2. The third-order valence-electron chi connectivity index (χ3n) is 4.55. The number of carbonyl (C=O) groups is 1. The van der Waals surface area contributed by atoms with E-state index in [1.807, 2.05) is 0 Å². The van der Waals surface area contributed by atoms with Gasteiger partial charge in [0.1, 0.15) is 18.4 Å². The van der Waals surface area contributed by atoms with Gasteiger partial charge in [0, 0.05) is 6.20 Å². The van der Waals surface area contributed by atoms with E-state index in [-0.39, 0.29) is 5.97 Å². The second-order valence-corrected chi connectivity index (χ2v) is 5.66. The fourth-order valence-corrected chi connectivity index (χ4v) is 3.07. The average Bonchev–Trinajstić information content (AvgIpc) is 2.91. The molecular formula is C15H22ClN4O2+. The van der Waals surface area contributed by atoms with Gasteiger partial charge in [-0.3, -0.25) is 0 Å². The third kappa shape index (κ3) is 2.80. The molecule has 2 aromatic heterocycles. The molecular weight excluding hydrogens is 304 g/mol. The third-order valence-corrected chi connectivity index (χ3v) is 4.82. The normalized spacial score (nSPS) is 11.9. The van der Waals surface area contributed by atoms with Crippen molar-refractivity contribution in [3.63, 3.8) is 0 Å². The van der Waals surface area contributed by atoms with Gasteiger partial charge in [-0.05, 0) is 20.8 Å². The molecule has 120 valence electrons. The fourth-order valence-electron chi connectivity index (χ4n) is 2.82. The highest BCUT2D eigenvalue weighted by Crippen LogP contribution is 2.27. The second-order valence-electron chi connectivity index (χ2n) is 5.31. The van der Waals surface area contributed by atoms with Crippen LogP contribution in [-0.4, -0.2) is 51.8 Å². The van der Waals surface area contributed by atoms with E-state index in [9.17, 15) is 4.79 Å². The van der Waals surface area contributed by atoms with Crippen LogP contribution in [-0.2, 0) is 11.3 Å². The minimum absolute atomic E-state index is 0.349. The number of halogens is 1. The Morgan fingerprint density at radius 2 is 1.95 bits per heavy atom. The lowest BCUT2D eigenvalue weighted by molar-refractivity contribution is -0.936. The maximum absolute atomic E-state index is 12.1. The molecule has 0 aliphatic heterocycles. The zero-order chi connectivity index (χ0) is 16.3. The van der Waals surface area contributed by atoms with E-state index in [2.05, 4.69) is 30.9 Å². The molecule has 0 fully saturated rings. The largest absolute Gasteiger partial charge is 0.465 e. The standard InChI is InChI=1S/C15H22ClN4O2/c1-5-20(6-2,7-3)9-12-11(15(21)22-4)8-19-13(12)14(16)17-10-18-19/h8,10H,5-7,9H2,1-4H3/q+1. The number of esters is 1. The van der Waals surface area contributed by atoms with Gasteiger partial charge >= 0.3 is 5.97 Å². The molecule has 0 N–H and O–H groups in total. The molecule has 22 heavy (non-hydrogen) atoms. The summed E-state index contributed by atoms with van der Waals surface area (Å²) in [6, 6.07) is 0. The Morgan fingerprint density at radius 3 is 2.50 bits per heavy atom. The number of fused-ring (bicyclic) bond motifs is 1. The van der Waals surface area contributed by atoms with Crippen LogP contribution in [0, 0.1) is 0 Å². The molecule has 0 bridgehead atoms. The molecule has 7 heteroatoms. The summed E-state index contributed by atoms with van der Waals surface area (Å²) in [5.41, 5.74) is 2.04. The van der Waals surface area contributed by atoms with E-state index in [1.54, 1.807) is 10.7 Å². The molecule has 2 heterocycles. The first-order chi connectivity index (χ1) is 10.5. The Bertz CT molecular complexity index is 671. The Balaban J connectivity index is 2.66. The molecule has 0 amide bonds. The van der Waals surface area contributed by atoms with Crippen LogP contribution >= 0.6 is 11.6 Å². The molecule has 0 aliphatic carbocycles. The Kier molecular flexibility index (Phi) is 5.03. The predicted octanol–water partition coefficient (Wildman–Crippen LogP) is 2.55. The lowest BCUT2D eigenvalue weighted by Crippen LogP contribution is -2.46. The highest BCUT2D eigenvalue weighted by Gasteiger charge is 2.29. The summed E-state index contributed by atoms with van der Waals surface area (Å²) in [7, 11) is 1.38. The van der Waals surface area contributed by atoms with Crippen molar-refractivity contribution >= 4 is 23.1 Å². The molecule has 0 aliphatic rings. The van der Waals surface area contributed by atoms with Crippen molar-refractivity contribution in [2.24, 2.45) is 0 Å². The van der Waals surface area contributed by atoms with Crippen LogP contribution < -0.4 is 0 Å². The summed E-state index contributed by atoms with van der Waals surface area (Å²) >= 11 is 6.25. The molecule has 0 unspecified atom stereocenters. The van der Waals surface area contributed by atoms with Gasteiger partial charge in [-0.2, -0.15) is 5.10 Å². The summed E-state index contributed by atoms with van der Waals surface area (Å²) in [6.07, 6.45) is 3.04. The van der Waals surface area contributed by atoms with Gasteiger partial charge < -0.3 is 9.22 Å². The number of hydrogen-bond acceptors (Lipinski definition) is 4. The first kappa shape index (κ1) is 16.7. The van der Waals surface area contributed by atoms with Gasteiger partial charge in [0.2, 0.25) is 0 Å². The maximum Gasteiger partial charge on any atom is 0.340 e. The number of carbonyl (C=O) groups excluding carboxylic acids is 1. The summed E-state index contributed by atoms with van der Waals surface area (Å²) in [5, 5.41) is 4.50. The highest BCUT2D eigenvalue weighted by atomic mass is 35.5. The van der Waals surface area contributed by atoms with Crippen molar-refractivity contribution in [2.75, 3.05) is 26.7 Å². The number of rotatable bonds is 6. The number of methoxy groups -OCH3 is 1. The Labute approximate surface area is 135 Å². The minimum atomic E-state index is -0.377. The number of ether oxygens (including phenoxy) is 1. The average molecular weight is 326 g/mol. The Morgan fingerprint density at radius 1 is 1.32 bits per heavy atom. The number of quaternary nitrogens is 1. The molecule has 2 aromatic rings. The van der Waals surface area contributed by atoms with Crippen molar-refractivity contribution in [3.8, 4) is 0 Å². The minimum Gasteiger partial charge on any atom is -0.465 e. The van der Waals surface area contributed by atoms with E-state index >= 15 is 0 Å². The molecule has 6 nitrogen and oxygen atoms in total. The molecule has 0 saturated heterocycles. The topological polar surface area (TPSA) is 56.5 Å². The first-order valence-electron chi connectivity index (χ1n) is 7.46. The first-order valence-corrected chi connectivity index (χ1v) is 7.83. The van der Waals surface area contributed by atoms with E-state index < -0.39 is 0 Å². The van der Waals surface area contributed by atoms with Crippen molar-refractivity contribution in [3.05, 3.63) is 28.8 Å². The lowest BCUT2D eigenvalue weighted by Gasteiger charge is -2.35. The van der Waals surface area contributed by atoms with Crippen LogP contribution in [0.15, 0.2) is 12.5 Å². The molecule has 2 rings (SSSR count). The summed E-state index contributed by atoms with van der Waals surface area (Å²) in [5.74, 6) is -0.377. The van der Waals surface area contributed by atoms with E-state index in [1.165, 1.54) is 13.4 Å². The second kappa shape index (κ2) is 6.62. The van der Waals surface area contributed by atoms with Gasteiger partial charge in [0.05, 0.1) is 37.9 Å². The van der Waals surface area contributed by atoms with E-state index in [0.29, 0.717) is 22.8 Å². The van der Waals surface area contributed by atoms with Gasteiger partial charge in [-0.1, -0.05) is 11.6 Å². The van der Waals surface area contributed by atoms with Gasteiger partial charge in [-0.25, -0.2) is 14.3 Å².